The molecule has 0 bridgehead atoms. The van der Waals surface area contributed by atoms with Gasteiger partial charge in [0.1, 0.15) is 19.3 Å². The highest BCUT2D eigenvalue weighted by atomic mass is 31.2. The highest BCUT2D eigenvalue weighted by Crippen LogP contribution is 2.45. The van der Waals surface area contributed by atoms with Gasteiger partial charge >= 0.3 is 39.5 Å². The Morgan fingerprint density at radius 2 is 0.506 bits per heavy atom. The maximum Gasteiger partial charge on any atom is 0.472 e. The Hall–Kier alpha value is -1.94. The minimum atomic E-state index is -4.94. The standard InChI is InChI=1S/C60H116O17P2/c1-5-9-13-17-19-21-23-24-25-26-27-28-29-31-33-35-39-43-47-60(65)77-56(51-71-58(63)45-41-38-34-32-30-22-20-18-14-10-6-2)53-75-79(68,69)73-49-54(61)48-72-78(66,67)74-52-55(76-59(64)46-42-37-16-12-8-4)50-70-57(62)44-40-36-15-11-7-3/h54-56,61H,5-53H2,1-4H3,(H,66,67)(H,68,69)/t54-,55+,56+/m0/s1. The van der Waals surface area contributed by atoms with E-state index >= 15 is 0 Å². The molecule has 0 amide bonds. The first-order valence-electron chi connectivity index (χ1n) is 31.8. The summed E-state index contributed by atoms with van der Waals surface area (Å²) < 4.78 is 67.4. The Kier molecular flexibility index (Phi) is 53.9. The summed E-state index contributed by atoms with van der Waals surface area (Å²) in [5.74, 6) is -2.16. The second-order valence-corrected chi connectivity index (χ2v) is 24.6. The molecule has 19 heteroatoms. The van der Waals surface area contributed by atoms with E-state index in [1.165, 1.54) is 128 Å². The van der Waals surface area contributed by atoms with E-state index < -0.39 is 97.5 Å². The smallest absolute Gasteiger partial charge is 0.462 e. The molecule has 0 aromatic carbocycles. The van der Waals surface area contributed by atoms with Crippen molar-refractivity contribution in [2.45, 2.75) is 322 Å². The van der Waals surface area contributed by atoms with Crippen LogP contribution in [-0.2, 0) is 65.4 Å². The SMILES string of the molecule is CCCCCCCCCCCCCCCCCCCCC(=O)O[C@H](COC(=O)CCCCCCCCCCCCC)COP(=O)(O)OC[C@@H](O)COP(=O)(O)OC[C@@H](COC(=O)CCCCCCC)OC(=O)CCCCCCC. The van der Waals surface area contributed by atoms with Crippen LogP contribution in [0.15, 0.2) is 0 Å². The Morgan fingerprint density at radius 1 is 0.304 bits per heavy atom. The van der Waals surface area contributed by atoms with Gasteiger partial charge in [-0.3, -0.25) is 37.3 Å². The van der Waals surface area contributed by atoms with Crippen LogP contribution < -0.4 is 0 Å². The first-order valence-corrected chi connectivity index (χ1v) is 34.8. The molecular weight excluding hydrogens is 1050 g/mol. The second kappa shape index (κ2) is 55.3. The third kappa shape index (κ3) is 55.0. The number of aliphatic hydroxyl groups excluding tert-OH is 1. The lowest BCUT2D eigenvalue weighted by Gasteiger charge is -2.21. The number of phosphoric acid groups is 2. The molecule has 0 saturated heterocycles. The van der Waals surface area contributed by atoms with E-state index in [4.69, 9.17) is 37.0 Å². The fourth-order valence-electron chi connectivity index (χ4n) is 8.93. The van der Waals surface area contributed by atoms with Gasteiger partial charge in [-0.2, -0.15) is 0 Å². The molecule has 0 aromatic rings. The molecule has 0 rings (SSSR count). The zero-order chi connectivity index (χ0) is 58.3. The number of phosphoric ester groups is 2. The van der Waals surface area contributed by atoms with E-state index in [0.717, 1.165) is 96.3 Å². The molecule has 0 aromatic heterocycles. The topological polar surface area (TPSA) is 237 Å². The molecular formula is C60H116O17P2. The molecule has 0 spiro atoms. The summed E-state index contributed by atoms with van der Waals surface area (Å²) in [4.78, 5) is 71.5. The van der Waals surface area contributed by atoms with Crippen molar-refractivity contribution in [2.24, 2.45) is 0 Å². The first-order chi connectivity index (χ1) is 38.2. The van der Waals surface area contributed by atoms with Gasteiger partial charge in [0.05, 0.1) is 26.4 Å². The van der Waals surface area contributed by atoms with Crippen LogP contribution in [0.1, 0.15) is 304 Å². The number of aliphatic hydroxyl groups is 1. The van der Waals surface area contributed by atoms with Gasteiger partial charge in [0.25, 0.3) is 0 Å². The molecule has 468 valence electrons. The third-order valence-electron chi connectivity index (χ3n) is 13.9. The van der Waals surface area contributed by atoms with Gasteiger partial charge in [0, 0.05) is 25.7 Å². The number of carbonyl (C=O) groups excluding carboxylic acids is 4. The molecule has 0 radical (unpaired) electrons. The normalized spacial score (nSPS) is 14.3. The van der Waals surface area contributed by atoms with Gasteiger partial charge in [-0.25, -0.2) is 9.13 Å². The number of carbonyl (C=O) groups is 4. The van der Waals surface area contributed by atoms with Crippen molar-refractivity contribution in [3.63, 3.8) is 0 Å². The lowest BCUT2D eigenvalue weighted by Crippen LogP contribution is -2.30. The average molecular weight is 1170 g/mol. The largest absolute Gasteiger partial charge is 0.472 e. The fourth-order valence-corrected chi connectivity index (χ4v) is 10.5. The monoisotopic (exact) mass is 1170 g/mol. The van der Waals surface area contributed by atoms with Gasteiger partial charge in [0.15, 0.2) is 12.2 Å². The number of esters is 4. The summed E-state index contributed by atoms with van der Waals surface area (Å²) in [6, 6.07) is 0. The molecule has 5 atom stereocenters. The van der Waals surface area contributed by atoms with Gasteiger partial charge < -0.3 is 33.8 Å². The van der Waals surface area contributed by atoms with Crippen LogP contribution in [0.25, 0.3) is 0 Å². The van der Waals surface area contributed by atoms with Crippen molar-refractivity contribution >= 4 is 39.5 Å². The lowest BCUT2D eigenvalue weighted by atomic mass is 10.0. The maximum absolute atomic E-state index is 12.9. The predicted molar refractivity (Wildman–Crippen MR) is 312 cm³/mol. The van der Waals surface area contributed by atoms with E-state index in [1.807, 2.05) is 0 Å². The molecule has 3 N–H and O–H groups in total. The Balaban J connectivity index is 5.07. The zero-order valence-electron chi connectivity index (χ0n) is 50.3. The summed E-state index contributed by atoms with van der Waals surface area (Å²) >= 11 is 0. The molecule has 0 fully saturated rings. The van der Waals surface area contributed by atoms with Crippen LogP contribution in [0.4, 0.5) is 0 Å². The number of ether oxygens (including phenoxy) is 4. The van der Waals surface area contributed by atoms with Crippen molar-refractivity contribution in [3.8, 4) is 0 Å². The van der Waals surface area contributed by atoms with Crippen molar-refractivity contribution in [1.82, 2.24) is 0 Å². The van der Waals surface area contributed by atoms with E-state index in [2.05, 4.69) is 27.7 Å². The minimum absolute atomic E-state index is 0.0991. The van der Waals surface area contributed by atoms with Crippen LogP contribution >= 0.6 is 15.6 Å². The van der Waals surface area contributed by atoms with Crippen LogP contribution in [0.3, 0.4) is 0 Å². The fraction of sp³-hybridized carbons (Fsp3) is 0.933. The average Bonchev–Trinajstić information content (AvgIpc) is 3.42. The van der Waals surface area contributed by atoms with Crippen LogP contribution in [0.5, 0.6) is 0 Å². The number of hydrogen-bond donors (Lipinski definition) is 3. The minimum Gasteiger partial charge on any atom is -0.462 e. The third-order valence-corrected chi connectivity index (χ3v) is 15.8. The van der Waals surface area contributed by atoms with Gasteiger partial charge in [-0.15, -0.1) is 0 Å². The van der Waals surface area contributed by atoms with Crippen molar-refractivity contribution in [1.29, 1.82) is 0 Å². The predicted octanol–water partition coefficient (Wildman–Crippen LogP) is 16.4. The molecule has 79 heavy (non-hydrogen) atoms. The lowest BCUT2D eigenvalue weighted by molar-refractivity contribution is -0.161. The first kappa shape index (κ1) is 77.1. The molecule has 0 aliphatic heterocycles. The molecule has 2 unspecified atom stereocenters. The number of unbranched alkanes of at least 4 members (excludes halogenated alkanes) is 35. The van der Waals surface area contributed by atoms with E-state index in [9.17, 15) is 43.2 Å². The Morgan fingerprint density at radius 3 is 0.747 bits per heavy atom. The molecule has 0 saturated carbocycles. The van der Waals surface area contributed by atoms with Crippen LogP contribution in [-0.4, -0.2) is 96.7 Å². The molecule has 0 aliphatic carbocycles. The molecule has 0 aliphatic rings. The summed E-state index contributed by atoms with van der Waals surface area (Å²) in [7, 11) is -9.86. The molecule has 17 nitrogen and oxygen atoms in total. The van der Waals surface area contributed by atoms with Crippen LogP contribution in [0.2, 0.25) is 0 Å². The van der Waals surface area contributed by atoms with Crippen molar-refractivity contribution in [3.05, 3.63) is 0 Å². The van der Waals surface area contributed by atoms with Crippen molar-refractivity contribution < 1.29 is 80.2 Å². The van der Waals surface area contributed by atoms with Crippen molar-refractivity contribution in [2.75, 3.05) is 39.6 Å². The Bertz CT molecular complexity index is 1540. The quantitative estimate of drug-likeness (QED) is 0.0222. The summed E-state index contributed by atoms with van der Waals surface area (Å²) in [6.45, 7) is 4.68. The van der Waals surface area contributed by atoms with Gasteiger partial charge in [0.2, 0.25) is 0 Å². The Labute approximate surface area is 479 Å². The van der Waals surface area contributed by atoms with E-state index in [-0.39, 0.29) is 25.7 Å². The summed E-state index contributed by atoms with van der Waals surface area (Å²) in [5.41, 5.74) is 0. The van der Waals surface area contributed by atoms with E-state index in [1.54, 1.807) is 0 Å². The highest BCUT2D eigenvalue weighted by Gasteiger charge is 2.30. The number of hydrogen-bond acceptors (Lipinski definition) is 15. The van der Waals surface area contributed by atoms with Gasteiger partial charge in [-0.05, 0) is 25.7 Å². The molecule has 0 heterocycles. The summed E-state index contributed by atoms with van der Waals surface area (Å²) in [5, 5.41) is 10.5. The summed E-state index contributed by atoms with van der Waals surface area (Å²) in [6.07, 6.45) is 39.8. The number of rotatable bonds is 61. The van der Waals surface area contributed by atoms with Gasteiger partial charge in [-0.1, -0.05) is 252 Å². The zero-order valence-corrected chi connectivity index (χ0v) is 52.1. The highest BCUT2D eigenvalue weighted by molar-refractivity contribution is 7.47. The maximum atomic E-state index is 12.9. The van der Waals surface area contributed by atoms with E-state index in [0.29, 0.717) is 25.7 Å². The van der Waals surface area contributed by atoms with Crippen LogP contribution in [0, 0.1) is 0 Å². The second-order valence-electron chi connectivity index (χ2n) is 21.7.